The Labute approximate surface area is 124 Å². The molecule has 0 bridgehead atoms. The smallest absolute Gasteiger partial charge is 0.0641 e. The molecule has 116 valence electrons. The van der Waals surface area contributed by atoms with Crippen LogP contribution in [-0.2, 0) is 4.74 Å². The van der Waals surface area contributed by atoms with Gasteiger partial charge in [0.2, 0.25) is 0 Å². The summed E-state index contributed by atoms with van der Waals surface area (Å²) in [4.78, 5) is 5.62. The van der Waals surface area contributed by atoms with Crippen LogP contribution in [0.1, 0.15) is 53.4 Å². The van der Waals surface area contributed by atoms with E-state index in [1.807, 2.05) is 0 Å². The van der Waals surface area contributed by atoms with Gasteiger partial charge in [0.1, 0.15) is 0 Å². The molecule has 0 saturated carbocycles. The predicted molar refractivity (Wildman–Crippen MR) is 83.0 cm³/mol. The molecule has 0 aromatic heterocycles. The highest BCUT2D eigenvalue weighted by Gasteiger charge is 2.42. The Kier molecular flexibility index (Phi) is 4.13. The first-order valence-corrected chi connectivity index (χ1v) is 8.60. The minimum atomic E-state index is 0.0667. The topological polar surface area (TPSA) is 15.7 Å². The van der Waals surface area contributed by atoms with Gasteiger partial charge in [-0.3, -0.25) is 9.80 Å². The highest BCUT2D eigenvalue weighted by molar-refractivity contribution is 4.97. The van der Waals surface area contributed by atoms with E-state index in [2.05, 4.69) is 37.5 Å². The van der Waals surface area contributed by atoms with Gasteiger partial charge in [0.05, 0.1) is 5.60 Å². The van der Waals surface area contributed by atoms with Crippen LogP contribution in [0.5, 0.6) is 0 Å². The second-order valence-electron chi connectivity index (χ2n) is 8.05. The first kappa shape index (κ1) is 14.8. The Balaban J connectivity index is 1.74. The van der Waals surface area contributed by atoms with Gasteiger partial charge < -0.3 is 4.74 Å². The van der Waals surface area contributed by atoms with E-state index in [0.717, 1.165) is 30.7 Å². The van der Waals surface area contributed by atoms with Crippen LogP contribution in [0.2, 0.25) is 0 Å². The number of ether oxygens (including phenoxy) is 1. The van der Waals surface area contributed by atoms with Crippen molar-refractivity contribution in [3.63, 3.8) is 0 Å². The molecule has 0 aromatic rings. The molecule has 3 unspecified atom stereocenters. The largest absolute Gasteiger partial charge is 0.375 e. The Morgan fingerprint density at radius 2 is 1.90 bits per heavy atom. The molecule has 3 nitrogen and oxygen atoms in total. The van der Waals surface area contributed by atoms with E-state index in [4.69, 9.17) is 4.74 Å². The van der Waals surface area contributed by atoms with Gasteiger partial charge in [0, 0.05) is 37.8 Å². The van der Waals surface area contributed by atoms with Gasteiger partial charge in [-0.2, -0.15) is 0 Å². The standard InChI is InChI=1S/C17H32N2O/c1-13(2)16-12-18-8-5-6-15(18)11-19(16)14-7-9-20-17(3,4)10-14/h13-16H,5-12H2,1-4H3. The van der Waals surface area contributed by atoms with Crippen LogP contribution in [0, 0.1) is 5.92 Å². The first-order valence-electron chi connectivity index (χ1n) is 8.60. The van der Waals surface area contributed by atoms with Crippen molar-refractivity contribution in [1.29, 1.82) is 0 Å². The Morgan fingerprint density at radius 3 is 2.60 bits per heavy atom. The third-order valence-electron chi connectivity index (χ3n) is 5.68. The maximum Gasteiger partial charge on any atom is 0.0641 e. The summed E-state index contributed by atoms with van der Waals surface area (Å²) in [6.45, 7) is 14.2. The van der Waals surface area contributed by atoms with Crippen LogP contribution in [0.15, 0.2) is 0 Å². The molecule has 0 N–H and O–H groups in total. The summed E-state index contributed by atoms with van der Waals surface area (Å²) < 4.78 is 5.93. The highest BCUT2D eigenvalue weighted by Crippen LogP contribution is 2.34. The molecule has 0 spiro atoms. The fraction of sp³-hybridized carbons (Fsp3) is 1.00. The predicted octanol–water partition coefficient (Wildman–Crippen LogP) is 2.75. The minimum Gasteiger partial charge on any atom is -0.375 e. The summed E-state index contributed by atoms with van der Waals surface area (Å²) in [6.07, 6.45) is 5.23. The zero-order valence-corrected chi connectivity index (χ0v) is 13.8. The molecule has 3 heterocycles. The van der Waals surface area contributed by atoms with E-state index < -0.39 is 0 Å². The maximum absolute atomic E-state index is 5.93. The first-order chi connectivity index (χ1) is 9.46. The van der Waals surface area contributed by atoms with Gasteiger partial charge >= 0.3 is 0 Å². The van der Waals surface area contributed by atoms with Gasteiger partial charge in [-0.15, -0.1) is 0 Å². The lowest BCUT2D eigenvalue weighted by molar-refractivity contribution is -0.105. The number of rotatable bonds is 2. The van der Waals surface area contributed by atoms with Gasteiger partial charge in [-0.05, 0) is 52.0 Å². The average Bonchev–Trinajstić information content (AvgIpc) is 2.83. The molecular weight excluding hydrogens is 248 g/mol. The van der Waals surface area contributed by atoms with Crippen molar-refractivity contribution in [2.75, 3.05) is 26.2 Å². The lowest BCUT2D eigenvalue weighted by Crippen LogP contribution is -2.62. The lowest BCUT2D eigenvalue weighted by Gasteiger charge is -2.51. The van der Waals surface area contributed by atoms with Crippen molar-refractivity contribution < 1.29 is 4.74 Å². The molecule has 3 atom stereocenters. The van der Waals surface area contributed by atoms with Gasteiger partial charge in [0.25, 0.3) is 0 Å². The van der Waals surface area contributed by atoms with Crippen LogP contribution in [-0.4, -0.2) is 59.8 Å². The third-order valence-corrected chi connectivity index (χ3v) is 5.68. The van der Waals surface area contributed by atoms with E-state index >= 15 is 0 Å². The second kappa shape index (κ2) is 5.58. The molecule has 3 saturated heterocycles. The van der Waals surface area contributed by atoms with Gasteiger partial charge in [0.15, 0.2) is 0 Å². The summed E-state index contributed by atoms with van der Waals surface area (Å²) in [5.74, 6) is 0.752. The number of nitrogens with zero attached hydrogens (tertiary/aromatic N) is 2. The zero-order chi connectivity index (χ0) is 14.3. The molecule has 0 amide bonds. The van der Waals surface area contributed by atoms with Crippen LogP contribution in [0.25, 0.3) is 0 Å². The zero-order valence-electron chi connectivity index (χ0n) is 13.8. The second-order valence-corrected chi connectivity index (χ2v) is 8.05. The van der Waals surface area contributed by atoms with E-state index in [1.165, 1.54) is 45.3 Å². The normalized spacial score (nSPS) is 39.1. The molecule has 0 radical (unpaired) electrons. The lowest BCUT2D eigenvalue weighted by atomic mass is 9.88. The third kappa shape index (κ3) is 2.90. The van der Waals surface area contributed by atoms with Crippen LogP contribution >= 0.6 is 0 Å². The number of fused-ring (bicyclic) bond motifs is 1. The van der Waals surface area contributed by atoms with Crippen molar-refractivity contribution >= 4 is 0 Å². The Morgan fingerprint density at radius 1 is 1.10 bits per heavy atom. The van der Waals surface area contributed by atoms with E-state index in [-0.39, 0.29) is 5.60 Å². The van der Waals surface area contributed by atoms with Crippen LogP contribution in [0.4, 0.5) is 0 Å². The maximum atomic E-state index is 5.93. The van der Waals surface area contributed by atoms with Crippen LogP contribution < -0.4 is 0 Å². The minimum absolute atomic E-state index is 0.0667. The van der Waals surface area contributed by atoms with Gasteiger partial charge in [-0.25, -0.2) is 0 Å². The molecule has 0 aromatic carbocycles. The van der Waals surface area contributed by atoms with Gasteiger partial charge in [-0.1, -0.05) is 13.8 Å². The van der Waals surface area contributed by atoms with E-state index in [0.29, 0.717) is 0 Å². The van der Waals surface area contributed by atoms with Crippen molar-refractivity contribution in [2.45, 2.75) is 77.1 Å². The van der Waals surface area contributed by atoms with Crippen molar-refractivity contribution in [3.8, 4) is 0 Å². The fourth-order valence-corrected chi connectivity index (χ4v) is 4.56. The average molecular weight is 280 g/mol. The summed E-state index contributed by atoms with van der Waals surface area (Å²) in [7, 11) is 0. The molecule has 3 rings (SSSR count). The Bertz CT molecular complexity index is 342. The number of piperazine rings is 1. The van der Waals surface area contributed by atoms with Crippen molar-refractivity contribution in [3.05, 3.63) is 0 Å². The van der Waals surface area contributed by atoms with E-state index in [1.54, 1.807) is 0 Å². The highest BCUT2D eigenvalue weighted by atomic mass is 16.5. The molecule has 3 fully saturated rings. The number of hydrogen-bond donors (Lipinski definition) is 0. The Hall–Kier alpha value is -0.120. The van der Waals surface area contributed by atoms with Crippen molar-refractivity contribution in [1.82, 2.24) is 9.80 Å². The molecule has 3 heteroatoms. The van der Waals surface area contributed by atoms with Crippen LogP contribution in [0.3, 0.4) is 0 Å². The summed E-state index contributed by atoms with van der Waals surface area (Å²) in [5.41, 5.74) is 0.0667. The fourth-order valence-electron chi connectivity index (χ4n) is 4.56. The monoisotopic (exact) mass is 280 g/mol. The summed E-state index contributed by atoms with van der Waals surface area (Å²) in [5, 5.41) is 0. The number of hydrogen-bond acceptors (Lipinski definition) is 3. The molecule has 3 aliphatic rings. The molecular formula is C17H32N2O. The van der Waals surface area contributed by atoms with Crippen molar-refractivity contribution in [2.24, 2.45) is 5.92 Å². The summed E-state index contributed by atoms with van der Waals surface area (Å²) in [6, 6.07) is 2.30. The van der Waals surface area contributed by atoms with E-state index in [9.17, 15) is 0 Å². The summed E-state index contributed by atoms with van der Waals surface area (Å²) >= 11 is 0. The molecule has 20 heavy (non-hydrogen) atoms. The quantitative estimate of drug-likeness (QED) is 0.773. The SMILES string of the molecule is CC(C)C1CN2CCCC2CN1C1CCOC(C)(C)C1. The molecule has 3 aliphatic heterocycles. The molecule has 0 aliphatic carbocycles.